The number of rotatable bonds is 4. The van der Waals surface area contributed by atoms with Crippen LogP contribution in [0.5, 0.6) is 0 Å². The van der Waals surface area contributed by atoms with Gasteiger partial charge < -0.3 is 13.7 Å². The smallest absolute Gasteiger partial charge is 0.139 e. The van der Waals surface area contributed by atoms with Crippen LogP contribution in [0.2, 0.25) is 0 Å². The molecule has 0 atom stereocenters. The summed E-state index contributed by atoms with van der Waals surface area (Å²) >= 11 is 0. The van der Waals surface area contributed by atoms with Crippen molar-refractivity contribution in [3.8, 4) is 22.3 Å². The number of hydrogen-bond donors (Lipinski definition) is 0. The highest BCUT2D eigenvalue weighted by Gasteiger charge is 2.36. The lowest BCUT2D eigenvalue weighted by Gasteiger charge is -2.29. The number of benzene rings is 7. The van der Waals surface area contributed by atoms with Crippen molar-refractivity contribution in [2.75, 3.05) is 4.90 Å². The first kappa shape index (κ1) is 34.4. The van der Waals surface area contributed by atoms with E-state index in [4.69, 9.17) is 8.83 Å². The van der Waals surface area contributed by atoms with Crippen LogP contribution in [0.15, 0.2) is 148 Å². The maximum Gasteiger partial charge on any atom is 0.139 e. The predicted molar refractivity (Wildman–Crippen MR) is 236 cm³/mol. The van der Waals surface area contributed by atoms with Gasteiger partial charge in [0.25, 0.3) is 0 Å². The Hall–Kier alpha value is -6.06. The average molecular weight is 730 g/mol. The predicted octanol–water partition coefficient (Wildman–Crippen LogP) is 15.5. The van der Waals surface area contributed by atoms with Gasteiger partial charge in [0, 0.05) is 27.4 Å². The molecule has 0 bridgehead atoms. The number of fused-ring (bicyclic) bond motifs is 9. The zero-order valence-electron chi connectivity index (χ0n) is 33.5. The van der Waals surface area contributed by atoms with Crippen molar-refractivity contribution in [2.45, 2.75) is 71.6 Å². The molecule has 276 valence electrons. The Bertz CT molecular complexity index is 3020. The molecule has 56 heavy (non-hydrogen) atoms. The first-order valence-corrected chi connectivity index (χ1v) is 19.8. The molecule has 3 heteroatoms. The van der Waals surface area contributed by atoms with Crippen molar-refractivity contribution in [3.05, 3.63) is 162 Å². The molecule has 0 radical (unpaired) electrons. The Labute approximate surface area is 329 Å². The van der Waals surface area contributed by atoms with Crippen LogP contribution in [0.25, 0.3) is 66.1 Å². The molecule has 0 amide bonds. The van der Waals surface area contributed by atoms with Gasteiger partial charge in [-0.2, -0.15) is 0 Å². The Kier molecular flexibility index (Phi) is 7.36. The van der Waals surface area contributed by atoms with E-state index in [0.717, 1.165) is 66.5 Å². The Morgan fingerprint density at radius 1 is 0.482 bits per heavy atom. The highest BCUT2D eigenvalue weighted by Crippen LogP contribution is 2.53. The second kappa shape index (κ2) is 12.0. The third-order valence-electron chi connectivity index (χ3n) is 12.1. The van der Waals surface area contributed by atoms with Gasteiger partial charge in [0.15, 0.2) is 0 Å². The minimum absolute atomic E-state index is 0.0508. The zero-order valence-corrected chi connectivity index (χ0v) is 33.5. The van der Waals surface area contributed by atoms with Gasteiger partial charge in [0.05, 0.1) is 22.1 Å². The van der Waals surface area contributed by atoms with Crippen LogP contribution in [0.3, 0.4) is 0 Å². The van der Waals surface area contributed by atoms with Crippen LogP contribution in [-0.2, 0) is 16.2 Å². The van der Waals surface area contributed by atoms with Gasteiger partial charge in [-0.3, -0.25) is 0 Å². The highest BCUT2D eigenvalue weighted by molar-refractivity contribution is 6.18. The van der Waals surface area contributed by atoms with Gasteiger partial charge in [-0.25, -0.2) is 0 Å². The van der Waals surface area contributed by atoms with Gasteiger partial charge >= 0.3 is 0 Å². The molecule has 0 unspecified atom stereocenters. The third-order valence-corrected chi connectivity index (χ3v) is 12.1. The maximum absolute atomic E-state index is 6.95. The van der Waals surface area contributed by atoms with E-state index in [-0.39, 0.29) is 16.2 Å². The molecule has 0 saturated heterocycles. The van der Waals surface area contributed by atoms with E-state index in [1.165, 1.54) is 38.9 Å². The van der Waals surface area contributed by atoms with E-state index < -0.39 is 0 Å². The summed E-state index contributed by atoms with van der Waals surface area (Å²) in [5.41, 5.74) is 16.6. The summed E-state index contributed by atoms with van der Waals surface area (Å²) in [5.74, 6) is 0. The third kappa shape index (κ3) is 5.17. The summed E-state index contributed by atoms with van der Waals surface area (Å²) in [7, 11) is 0. The van der Waals surface area contributed by atoms with Crippen LogP contribution < -0.4 is 4.90 Å². The SMILES string of the molecule is CC(C)(C)c1cc(C(C)(C)C)c2oc3cccc(N(c4ccc5c(c4)C(C)(C)c4ccccc4-5)c4cccc5oc6ccc(-c7ccccc7)cc6c45)c3c2c1. The molecule has 7 aromatic carbocycles. The minimum atomic E-state index is -0.163. The molecule has 0 fully saturated rings. The normalized spacial score (nSPS) is 13.9. The molecule has 0 aliphatic heterocycles. The van der Waals surface area contributed by atoms with Crippen molar-refractivity contribution in [1.82, 2.24) is 0 Å². The Morgan fingerprint density at radius 2 is 1.14 bits per heavy atom. The quantitative estimate of drug-likeness (QED) is 0.181. The molecule has 0 saturated carbocycles. The first-order valence-electron chi connectivity index (χ1n) is 19.8. The van der Waals surface area contributed by atoms with E-state index in [9.17, 15) is 0 Å². The van der Waals surface area contributed by atoms with Gasteiger partial charge in [-0.15, -0.1) is 0 Å². The fourth-order valence-corrected chi connectivity index (χ4v) is 9.13. The van der Waals surface area contributed by atoms with Crippen LogP contribution in [0, 0.1) is 0 Å². The average Bonchev–Trinajstić information content (AvgIpc) is 3.82. The second-order valence-corrected chi connectivity index (χ2v) is 18.2. The molecule has 9 aromatic rings. The van der Waals surface area contributed by atoms with Crippen molar-refractivity contribution in [1.29, 1.82) is 0 Å². The minimum Gasteiger partial charge on any atom is -0.456 e. The highest BCUT2D eigenvalue weighted by atomic mass is 16.3. The van der Waals surface area contributed by atoms with Crippen LogP contribution in [0.4, 0.5) is 17.1 Å². The van der Waals surface area contributed by atoms with E-state index in [1.54, 1.807) is 0 Å². The molecule has 3 nitrogen and oxygen atoms in total. The van der Waals surface area contributed by atoms with E-state index in [1.807, 2.05) is 0 Å². The monoisotopic (exact) mass is 729 g/mol. The number of anilines is 3. The zero-order chi connectivity index (χ0) is 38.7. The van der Waals surface area contributed by atoms with Crippen LogP contribution >= 0.6 is 0 Å². The number of nitrogens with zero attached hydrogens (tertiary/aromatic N) is 1. The van der Waals surface area contributed by atoms with Crippen LogP contribution in [-0.4, -0.2) is 0 Å². The molecular weight excluding hydrogens is 683 g/mol. The molecule has 0 N–H and O–H groups in total. The molecule has 2 heterocycles. The lowest BCUT2D eigenvalue weighted by atomic mass is 9.79. The second-order valence-electron chi connectivity index (χ2n) is 18.2. The Balaban J connectivity index is 1.31. The van der Waals surface area contributed by atoms with E-state index >= 15 is 0 Å². The van der Waals surface area contributed by atoms with Crippen molar-refractivity contribution >= 4 is 60.9 Å². The molecule has 10 rings (SSSR count). The van der Waals surface area contributed by atoms with Gasteiger partial charge in [-0.05, 0) is 104 Å². The maximum atomic E-state index is 6.95. The largest absolute Gasteiger partial charge is 0.456 e. The molecule has 1 aliphatic rings. The number of hydrogen-bond acceptors (Lipinski definition) is 3. The lowest BCUT2D eigenvalue weighted by molar-refractivity contribution is 0.559. The molecule has 1 aliphatic carbocycles. The first-order chi connectivity index (χ1) is 26.8. The standard InChI is InChI=1S/C53H47NO2/c1-51(2,3)34-29-39-49-44(21-15-23-47(49)56-50(39)42(30-34)52(4,5)6)54(35-25-26-37-36-18-12-13-19-40(36)53(7,8)41(37)31-35)43-20-14-22-46-48(43)38-28-33(24-27-45(38)55-46)32-16-10-9-11-17-32/h9-31H,1-8H3. The van der Waals surface area contributed by atoms with Gasteiger partial charge in [0.1, 0.15) is 22.3 Å². The van der Waals surface area contributed by atoms with Gasteiger partial charge in [0.2, 0.25) is 0 Å². The lowest BCUT2D eigenvalue weighted by Crippen LogP contribution is -2.17. The summed E-state index contributed by atoms with van der Waals surface area (Å²) in [6.07, 6.45) is 0. The fraction of sp³-hybridized carbons (Fsp3) is 0.208. The van der Waals surface area contributed by atoms with Crippen molar-refractivity contribution in [2.24, 2.45) is 0 Å². The van der Waals surface area contributed by atoms with E-state index in [0.29, 0.717) is 0 Å². The molecular formula is C53H47NO2. The number of furan rings is 2. The summed E-state index contributed by atoms with van der Waals surface area (Å²) in [4.78, 5) is 2.46. The summed E-state index contributed by atoms with van der Waals surface area (Å²) < 4.78 is 13.6. The summed E-state index contributed by atoms with van der Waals surface area (Å²) in [6, 6.07) is 50.8. The van der Waals surface area contributed by atoms with Crippen molar-refractivity contribution < 1.29 is 8.83 Å². The van der Waals surface area contributed by atoms with Gasteiger partial charge in [-0.1, -0.05) is 140 Å². The van der Waals surface area contributed by atoms with E-state index in [2.05, 4.69) is 200 Å². The summed E-state index contributed by atoms with van der Waals surface area (Å²) in [5, 5.41) is 4.42. The topological polar surface area (TPSA) is 29.5 Å². The fourth-order valence-electron chi connectivity index (χ4n) is 9.13. The van der Waals surface area contributed by atoms with Crippen molar-refractivity contribution in [3.63, 3.8) is 0 Å². The Morgan fingerprint density at radius 3 is 1.86 bits per heavy atom. The van der Waals surface area contributed by atoms with Crippen LogP contribution in [0.1, 0.15) is 77.6 Å². The molecule has 0 spiro atoms. The molecule has 2 aromatic heterocycles. The summed E-state index contributed by atoms with van der Waals surface area (Å²) in [6.45, 7) is 18.5.